The van der Waals surface area contributed by atoms with Crippen molar-refractivity contribution in [2.24, 2.45) is 0 Å². The second-order valence-electron chi connectivity index (χ2n) is 2.02. The molecule has 0 saturated heterocycles. The van der Waals surface area contributed by atoms with Crippen molar-refractivity contribution < 1.29 is 4.42 Å². The maximum Gasteiger partial charge on any atom is 0.135 e. The summed E-state index contributed by atoms with van der Waals surface area (Å²) in [7, 11) is 0. The van der Waals surface area contributed by atoms with Crippen molar-refractivity contribution in [1.82, 2.24) is 0 Å². The van der Waals surface area contributed by atoms with Gasteiger partial charge in [0.05, 0.1) is 6.26 Å². The number of furan rings is 1. The summed E-state index contributed by atoms with van der Waals surface area (Å²) in [6.45, 7) is 0. The van der Waals surface area contributed by atoms with Gasteiger partial charge in [0.1, 0.15) is 5.58 Å². The molecule has 10 heavy (non-hydrogen) atoms. The van der Waals surface area contributed by atoms with E-state index < -0.39 is 0 Å². The number of halogens is 1. The van der Waals surface area contributed by atoms with Gasteiger partial charge < -0.3 is 4.42 Å². The summed E-state index contributed by atoms with van der Waals surface area (Å²) in [4.78, 5) is 0. The van der Waals surface area contributed by atoms with E-state index in [9.17, 15) is 0 Å². The van der Waals surface area contributed by atoms with E-state index in [1.165, 1.54) is 6.26 Å². The van der Waals surface area contributed by atoms with Crippen molar-refractivity contribution in [3.05, 3.63) is 35.6 Å². The lowest BCUT2D eigenvalue weighted by Crippen LogP contribution is -1.62. The van der Waals surface area contributed by atoms with Gasteiger partial charge in [-0.25, -0.2) is 0 Å². The molecule has 1 aromatic carbocycles. The van der Waals surface area contributed by atoms with Crippen LogP contribution in [-0.4, -0.2) is 0 Å². The Kier molecular flexibility index (Phi) is 1.18. The number of hydrogen-bond donors (Lipinski definition) is 0. The van der Waals surface area contributed by atoms with Crippen LogP contribution in [0.4, 0.5) is 0 Å². The van der Waals surface area contributed by atoms with Crippen LogP contribution in [0, 0.1) is 6.07 Å². The van der Waals surface area contributed by atoms with E-state index in [1.807, 2.05) is 12.1 Å². The lowest BCUT2D eigenvalue weighted by molar-refractivity contribution is 0.615. The minimum Gasteiger partial charge on any atom is -0.464 e. The first-order valence-corrected chi connectivity index (χ1v) is 3.28. The summed E-state index contributed by atoms with van der Waals surface area (Å²) in [5.41, 5.74) is 0.785. The Balaban J connectivity index is 2.86. The third-order valence-corrected chi connectivity index (χ3v) is 1.58. The fraction of sp³-hybridized carbons (Fsp3) is 0. The molecule has 0 N–H and O–H groups in total. The van der Waals surface area contributed by atoms with Crippen molar-refractivity contribution >= 4 is 22.6 Å². The molecule has 0 amide bonds. The average molecular weight is 152 g/mol. The largest absolute Gasteiger partial charge is 0.464 e. The molecule has 0 spiro atoms. The first-order valence-electron chi connectivity index (χ1n) is 2.91. The zero-order chi connectivity index (χ0) is 6.97. The highest BCUT2D eigenvalue weighted by atomic mass is 35.5. The Bertz CT molecular complexity index is 351. The van der Waals surface area contributed by atoms with Gasteiger partial charge >= 0.3 is 0 Å². The van der Waals surface area contributed by atoms with Crippen LogP contribution in [0.5, 0.6) is 0 Å². The van der Waals surface area contributed by atoms with Crippen molar-refractivity contribution in [3.8, 4) is 0 Å². The molecule has 49 valence electrons. The molecule has 2 heteroatoms. The SMILES string of the molecule is Clc1ccc2[c]coc2c1. The van der Waals surface area contributed by atoms with E-state index in [2.05, 4.69) is 6.07 Å². The van der Waals surface area contributed by atoms with Crippen LogP contribution >= 0.6 is 11.6 Å². The molecular weight excluding hydrogens is 148 g/mol. The van der Waals surface area contributed by atoms with Crippen LogP contribution in [0.2, 0.25) is 5.02 Å². The van der Waals surface area contributed by atoms with E-state index in [4.69, 9.17) is 16.0 Å². The van der Waals surface area contributed by atoms with Crippen LogP contribution in [0.1, 0.15) is 0 Å². The van der Waals surface area contributed by atoms with E-state index >= 15 is 0 Å². The molecule has 1 heterocycles. The summed E-state index contributed by atoms with van der Waals surface area (Å²) in [6.07, 6.45) is 1.53. The quantitative estimate of drug-likeness (QED) is 0.564. The topological polar surface area (TPSA) is 13.1 Å². The van der Waals surface area contributed by atoms with Crippen molar-refractivity contribution in [2.75, 3.05) is 0 Å². The van der Waals surface area contributed by atoms with Crippen LogP contribution in [0.25, 0.3) is 11.0 Å². The molecule has 0 aliphatic rings. The summed E-state index contributed by atoms with van der Waals surface area (Å²) >= 11 is 5.70. The Morgan fingerprint density at radius 3 is 3.20 bits per heavy atom. The van der Waals surface area contributed by atoms with Gasteiger partial charge in [0, 0.05) is 22.5 Å². The van der Waals surface area contributed by atoms with Crippen LogP contribution in [0.3, 0.4) is 0 Å². The molecule has 0 aliphatic carbocycles. The van der Waals surface area contributed by atoms with Gasteiger partial charge in [-0.3, -0.25) is 0 Å². The van der Waals surface area contributed by atoms with E-state index in [0.29, 0.717) is 5.02 Å². The first kappa shape index (κ1) is 5.81. The van der Waals surface area contributed by atoms with Crippen LogP contribution in [0.15, 0.2) is 28.9 Å². The number of hydrogen-bond acceptors (Lipinski definition) is 1. The molecule has 0 fully saturated rings. The summed E-state index contributed by atoms with van der Waals surface area (Å²) < 4.78 is 5.06. The smallest absolute Gasteiger partial charge is 0.135 e. The highest BCUT2D eigenvalue weighted by Crippen LogP contribution is 2.18. The molecule has 1 nitrogen and oxygen atoms in total. The highest BCUT2D eigenvalue weighted by molar-refractivity contribution is 6.31. The molecule has 2 rings (SSSR count). The lowest BCUT2D eigenvalue weighted by Gasteiger charge is -1.86. The normalized spacial score (nSPS) is 10.5. The predicted molar refractivity (Wildman–Crippen MR) is 40.1 cm³/mol. The third kappa shape index (κ3) is 0.792. The zero-order valence-corrected chi connectivity index (χ0v) is 5.85. The van der Waals surface area contributed by atoms with Gasteiger partial charge in [0.25, 0.3) is 0 Å². The summed E-state index contributed by atoms with van der Waals surface area (Å²) in [5, 5.41) is 1.65. The third-order valence-electron chi connectivity index (χ3n) is 1.34. The molecule has 0 saturated carbocycles. The molecule has 2 aromatic rings. The molecule has 0 unspecified atom stereocenters. The van der Waals surface area contributed by atoms with Crippen molar-refractivity contribution in [2.45, 2.75) is 0 Å². The lowest BCUT2D eigenvalue weighted by atomic mass is 10.3. The van der Waals surface area contributed by atoms with Crippen molar-refractivity contribution in [3.63, 3.8) is 0 Å². The van der Waals surface area contributed by atoms with Gasteiger partial charge in [-0.1, -0.05) is 11.6 Å². The highest BCUT2D eigenvalue weighted by Gasteiger charge is 1.95. The Labute approximate surface area is 63.2 Å². The van der Waals surface area contributed by atoms with Crippen LogP contribution < -0.4 is 0 Å². The van der Waals surface area contributed by atoms with Gasteiger partial charge in [-0.2, -0.15) is 0 Å². The summed E-state index contributed by atoms with van der Waals surface area (Å²) in [6, 6.07) is 8.38. The van der Waals surface area contributed by atoms with Gasteiger partial charge in [-0.15, -0.1) is 0 Å². The molecule has 0 aliphatic heterocycles. The fourth-order valence-corrected chi connectivity index (χ4v) is 1.03. The van der Waals surface area contributed by atoms with Crippen molar-refractivity contribution in [1.29, 1.82) is 0 Å². The second-order valence-corrected chi connectivity index (χ2v) is 2.46. The number of benzene rings is 1. The molecule has 1 radical (unpaired) electrons. The van der Waals surface area contributed by atoms with E-state index in [0.717, 1.165) is 11.0 Å². The summed E-state index contributed by atoms with van der Waals surface area (Å²) in [5.74, 6) is 0. The average Bonchev–Trinajstić information content (AvgIpc) is 2.33. The predicted octanol–water partition coefficient (Wildman–Crippen LogP) is 2.89. The number of rotatable bonds is 0. The fourth-order valence-electron chi connectivity index (χ4n) is 0.869. The Morgan fingerprint density at radius 1 is 1.40 bits per heavy atom. The Hall–Kier alpha value is -0.950. The van der Waals surface area contributed by atoms with Gasteiger partial charge in [0.15, 0.2) is 0 Å². The molecule has 0 atom stereocenters. The maximum atomic E-state index is 5.70. The van der Waals surface area contributed by atoms with E-state index in [-0.39, 0.29) is 0 Å². The zero-order valence-electron chi connectivity index (χ0n) is 5.10. The van der Waals surface area contributed by atoms with E-state index in [1.54, 1.807) is 6.07 Å². The first-order chi connectivity index (χ1) is 4.86. The standard InChI is InChI=1S/C8H4ClO/c9-7-2-1-6-3-4-10-8(6)5-7/h1-2,4-5H. The van der Waals surface area contributed by atoms with Gasteiger partial charge in [0.2, 0.25) is 0 Å². The molecule has 0 bridgehead atoms. The minimum atomic E-state index is 0.691. The van der Waals surface area contributed by atoms with Crippen LogP contribution in [-0.2, 0) is 0 Å². The molecular formula is C8H4ClO. The maximum absolute atomic E-state index is 5.70. The molecule has 1 aromatic heterocycles. The Morgan fingerprint density at radius 2 is 2.30 bits per heavy atom. The number of fused-ring (bicyclic) bond motifs is 1. The second kappa shape index (κ2) is 2.03. The van der Waals surface area contributed by atoms with Gasteiger partial charge in [-0.05, 0) is 12.1 Å². The minimum absolute atomic E-state index is 0.691. The monoisotopic (exact) mass is 151 g/mol.